The molecule has 0 saturated heterocycles. The van der Waals surface area contributed by atoms with Crippen LogP contribution in [0.25, 0.3) is 0 Å². The molecule has 1 saturated carbocycles. The summed E-state index contributed by atoms with van der Waals surface area (Å²) in [6.07, 6.45) is 1.80. The summed E-state index contributed by atoms with van der Waals surface area (Å²) in [5.74, 6) is -1.05. The molecular weight excluding hydrogens is 196 g/mol. The van der Waals surface area contributed by atoms with Gasteiger partial charge in [-0.1, -0.05) is 0 Å². The van der Waals surface area contributed by atoms with Crippen molar-refractivity contribution in [1.29, 1.82) is 0 Å². The van der Waals surface area contributed by atoms with Crippen molar-refractivity contribution in [3.8, 4) is 0 Å². The third-order valence-electron chi connectivity index (χ3n) is 3.40. The number of hydrogen-bond donors (Lipinski definition) is 1. The Morgan fingerprint density at radius 3 is 1.93 bits per heavy atom. The smallest absolute Gasteiger partial charge is 0.126 e. The molecule has 15 heavy (non-hydrogen) atoms. The van der Waals surface area contributed by atoms with Gasteiger partial charge in [0, 0.05) is 17.0 Å². The number of benzene rings is 1. The lowest BCUT2D eigenvalue weighted by Gasteiger charge is -2.31. The predicted octanol–water partition coefficient (Wildman–Crippen LogP) is 2.73. The summed E-state index contributed by atoms with van der Waals surface area (Å²) in [6, 6.07) is 3.68. The quantitative estimate of drug-likeness (QED) is 0.799. The van der Waals surface area contributed by atoms with Gasteiger partial charge in [-0.25, -0.2) is 8.78 Å². The molecule has 2 N–H and O–H groups in total. The molecule has 0 atom stereocenters. The highest BCUT2D eigenvalue weighted by molar-refractivity contribution is 5.36. The van der Waals surface area contributed by atoms with Gasteiger partial charge in [0.15, 0.2) is 0 Å². The van der Waals surface area contributed by atoms with E-state index < -0.39 is 17.2 Å². The largest absolute Gasteiger partial charge is 0.325 e. The lowest BCUT2D eigenvalue weighted by atomic mass is 9.79. The third kappa shape index (κ3) is 1.65. The average Bonchev–Trinajstić information content (AvgIpc) is 2.79. The number of nitrogens with two attached hydrogens (primary N) is 1. The zero-order valence-corrected chi connectivity index (χ0v) is 8.98. The summed E-state index contributed by atoms with van der Waals surface area (Å²) in [5.41, 5.74) is 6.07. The summed E-state index contributed by atoms with van der Waals surface area (Å²) < 4.78 is 26.2. The van der Waals surface area contributed by atoms with Crippen LogP contribution in [0.2, 0.25) is 0 Å². The van der Waals surface area contributed by atoms with Gasteiger partial charge in [-0.15, -0.1) is 0 Å². The molecule has 0 amide bonds. The van der Waals surface area contributed by atoms with Crippen LogP contribution in [0.5, 0.6) is 0 Å². The molecule has 1 nitrogen and oxygen atoms in total. The van der Waals surface area contributed by atoms with E-state index in [0.29, 0.717) is 5.56 Å². The summed E-state index contributed by atoms with van der Waals surface area (Å²) in [6.45, 7) is 3.81. The van der Waals surface area contributed by atoms with Crippen molar-refractivity contribution in [1.82, 2.24) is 0 Å². The molecule has 0 unspecified atom stereocenters. The van der Waals surface area contributed by atoms with Crippen molar-refractivity contribution in [2.45, 2.75) is 37.6 Å². The Bertz CT molecular complexity index is 369. The van der Waals surface area contributed by atoms with Crippen molar-refractivity contribution in [2.24, 2.45) is 5.73 Å². The molecule has 1 fully saturated rings. The van der Waals surface area contributed by atoms with Crippen molar-refractivity contribution in [3.05, 3.63) is 35.4 Å². The molecule has 0 spiro atoms. The van der Waals surface area contributed by atoms with Crippen LogP contribution in [0, 0.1) is 11.6 Å². The Morgan fingerprint density at radius 2 is 1.60 bits per heavy atom. The first kappa shape index (κ1) is 10.6. The van der Waals surface area contributed by atoms with Gasteiger partial charge in [-0.05, 0) is 44.4 Å². The maximum absolute atomic E-state index is 13.1. The topological polar surface area (TPSA) is 26.0 Å². The van der Waals surface area contributed by atoms with Crippen LogP contribution in [0.4, 0.5) is 8.78 Å². The molecule has 0 heterocycles. The van der Waals surface area contributed by atoms with Gasteiger partial charge in [0.25, 0.3) is 0 Å². The first-order chi connectivity index (χ1) is 6.85. The van der Waals surface area contributed by atoms with Crippen LogP contribution < -0.4 is 5.73 Å². The predicted molar refractivity (Wildman–Crippen MR) is 55.5 cm³/mol. The van der Waals surface area contributed by atoms with Crippen LogP contribution in [0.1, 0.15) is 32.3 Å². The van der Waals surface area contributed by atoms with E-state index in [1.54, 1.807) is 0 Å². The molecule has 82 valence electrons. The molecule has 3 heteroatoms. The van der Waals surface area contributed by atoms with E-state index in [9.17, 15) is 8.78 Å². The highest BCUT2D eigenvalue weighted by atomic mass is 19.1. The highest BCUT2D eigenvalue weighted by Crippen LogP contribution is 2.54. The minimum Gasteiger partial charge on any atom is -0.325 e. The van der Waals surface area contributed by atoms with Gasteiger partial charge in [0.05, 0.1) is 0 Å². The molecule has 1 aromatic rings. The summed E-state index contributed by atoms with van der Waals surface area (Å²) >= 11 is 0. The SMILES string of the molecule is CC(C)(N)C1(c2cc(F)cc(F)c2)CC1. The second-order valence-corrected chi connectivity index (χ2v) is 4.96. The zero-order valence-electron chi connectivity index (χ0n) is 8.98. The van der Waals surface area contributed by atoms with Crippen LogP contribution in [-0.2, 0) is 5.41 Å². The lowest BCUT2D eigenvalue weighted by Crippen LogP contribution is -2.45. The van der Waals surface area contributed by atoms with Crippen molar-refractivity contribution in [2.75, 3.05) is 0 Å². The highest BCUT2D eigenvalue weighted by Gasteiger charge is 2.53. The Labute approximate surface area is 88.3 Å². The van der Waals surface area contributed by atoms with Crippen molar-refractivity contribution in [3.63, 3.8) is 0 Å². The summed E-state index contributed by atoms with van der Waals surface area (Å²) in [7, 11) is 0. The van der Waals surface area contributed by atoms with E-state index in [0.717, 1.165) is 18.9 Å². The van der Waals surface area contributed by atoms with Crippen LogP contribution in [0.15, 0.2) is 18.2 Å². The van der Waals surface area contributed by atoms with Gasteiger partial charge in [0.1, 0.15) is 11.6 Å². The minimum absolute atomic E-state index is 0.240. The van der Waals surface area contributed by atoms with E-state index in [2.05, 4.69) is 0 Å². The number of hydrogen-bond acceptors (Lipinski definition) is 1. The second kappa shape index (κ2) is 3.01. The van der Waals surface area contributed by atoms with E-state index in [4.69, 9.17) is 5.73 Å². The van der Waals surface area contributed by atoms with Gasteiger partial charge < -0.3 is 5.73 Å². The third-order valence-corrected chi connectivity index (χ3v) is 3.40. The monoisotopic (exact) mass is 211 g/mol. The molecule has 0 aromatic heterocycles. The van der Waals surface area contributed by atoms with Gasteiger partial charge in [0.2, 0.25) is 0 Å². The Hall–Kier alpha value is -0.960. The Kier molecular flexibility index (Phi) is 2.12. The first-order valence-electron chi connectivity index (χ1n) is 5.11. The van der Waals surface area contributed by atoms with Gasteiger partial charge in [-0.3, -0.25) is 0 Å². The van der Waals surface area contributed by atoms with Crippen LogP contribution in [0.3, 0.4) is 0 Å². The van der Waals surface area contributed by atoms with Crippen molar-refractivity contribution < 1.29 is 8.78 Å². The van der Waals surface area contributed by atoms with Gasteiger partial charge >= 0.3 is 0 Å². The molecule has 0 radical (unpaired) electrons. The fourth-order valence-corrected chi connectivity index (χ4v) is 2.26. The standard InChI is InChI=1S/C12H15F2N/c1-11(2,15)12(3-4-12)8-5-9(13)7-10(14)6-8/h5-7H,3-4,15H2,1-2H3. The zero-order chi connectivity index (χ0) is 11.3. The minimum atomic E-state index is -0.527. The van der Waals surface area contributed by atoms with Crippen molar-refractivity contribution >= 4 is 0 Å². The van der Waals surface area contributed by atoms with Crippen LogP contribution in [-0.4, -0.2) is 5.54 Å². The Morgan fingerprint density at radius 1 is 1.13 bits per heavy atom. The number of rotatable bonds is 2. The Balaban J connectivity index is 2.46. The normalized spacial score (nSPS) is 19.0. The van der Waals surface area contributed by atoms with Crippen LogP contribution >= 0.6 is 0 Å². The number of halogens is 2. The fourth-order valence-electron chi connectivity index (χ4n) is 2.26. The van der Waals surface area contributed by atoms with Gasteiger partial charge in [-0.2, -0.15) is 0 Å². The molecular formula is C12H15F2N. The summed E-state index contributed by atoms with van der Waals surface area (Å²) in [4.78, 5) is 0. The maximum Gasteiger partial charge on any atom is 0.126 e. The molecule has 0 bridgehead atoms. The van der Waals surface area contributed by atoms with E-state index in [-0.39, 0.29) is 5.41 Å². The summed E-state index contributed by atoms with van der Waals surface area (Å²) in [5, 5.41) is 0. The molecule has 0 aliphatic heterocycles. The fraction of sp³-hybridized carbons (Fsp3) is 0.500. The maximum atomic E-state index is 13.1. The average molecular weight is 211 g/mol. The second-order valence-electron chi connectivity index (χ2n) is 4.96. The molecule has 1 aromatic carbocycles. The molecule has 1 aliphatic rings. The molecule has 1 aliphatic carbocycles. The van der Waals surface area contributed by atoms with E-state index in [1.807, 2.05) is 13.8 Å². The first-order valence-corrected chi connectivity index (χ1v) is 5.11. The van der Waals surface area contributed by atoms with E-state index >= 15 is 0 Å². The lowest BCUT2D eigenvalue weighted by molar-refractivity contribution is 0.388. The molecule has 2 rings (SSSR count). The van der Waals surface area contributed by atoms with E-state index in [1.165, 1.54) is 12.1 Å².